The van der Waals surface area contributed by atoms with Crippen molar-refractivity contribution in [2.75, 3.05) is 32.9 Å². The number of rotatable bonds is 2. The van der Waals surface area contributed by atoms with Crippen molar-refractivity contribution in [2.24, 2.45) is 5.92 Å². The molecule has 2 heterocycles. The number of hydrogen-bond acceptors (Lipinski definition) is 4. The Kier molecular flexibility index (Phi) is 3.96. The van der Waals surface area contributed by atoms with Crippen molar-refractivity contribution < 1.29 is 24.2 Å². The lowest BCUT2D eigenvalue weighted by Crippen LogP contribution is -2.49. The minimum absolute atomic E-state index is 0.143. The van der Waals surface area contributed by atoms with Crippen LogP contribution in [-0.2, 0) is 19.1 Å². The number of ether oxygens (including phenoxy) is 2. The fraction of sp³-hybridized carbons (Fsp3) is 0.818. The number of carboxylic acids is 1. The van der Waals surface area contributed by atoms with Crippen LogP contribution in [0.2, 0.25) is 0 Å². The van der Waals surface area contributed by atoms with Crippen molar-refractivity contribution in [3.8, 4) is 0 Å². The molecule has 0 radical (unpaired) electrons. The molecule has 2 aliphatic rings. The van der Waals surface area contributed by atoms with E-state index in [1.165, 1.54) is 0 Å². The van der Waals surface area contributed by atoms with Crippen LogP contribution >= 0.6 is 0 Å². The van der Waals surface area contributed by atoms with Crippen molar-refractivity contribution in [3.05, 3.63) is 0 Å². The van der Waals surface area contributed by atoms with Gasteiger partial charge < -0.3 is 19.5 Å². The molecule has 17 heavy (non-hydrogen) atoms. The first-order chi connectivity index (χ1) is 8.18. The van der Waals surface area contributed by atoms with Crippen LogP contribution in [0.3, 0.4) is 0 Å². The number of likely N-dealkylation sites (tertiary alicyclic amines) is 1. The van der Waals surface area contributed by atoms with Crippen LogP contribution in [0.25, 0.3) is 0 Å². The Labute approximate surface area is 99.5 Å². The zero-order valence-electron chi connectivity index (χ0n) is 9.63. The third kappa shape index (κ3) is 2.95. The van der Waals surface area contributed by atoms with Gasteiger partial charge in [-0.3, -0.25) is 9.59 Å². The van der Waals surface area contributed by atoms with Gasteiger partial charge in [-0.1, -0.05) is 0 Å². The number of amides is 1. The molecule has 0 aromatic carbocycles. The second-order valence-corrected chi connectivity index (χ2v) is 4.40. The Bertz CT molecular complexity index is 300. The van der Waals surface area contributed by atoms with Gasteiger partial charge in [0.25, 0.3) is 5.91 Å². The minimum Gasteiger partial charge on any atom is -0.481 e. The van der Waals surface area contributed by atoms with Crippen LogP contribution < -0.4 is 0 Å². The highest BCUT2D eigenvalue weighted by Crippen LogP contribution is 2.18. The summed E-state index contributed by atoms with van der Waals surface area (Å²) in [4.78, 5) is 24.5. The number of hydrogen-bond donors (Lipinski definition) is 1. The topological polar surface area (TPSA) is 76.1 Å². The predicted molar refractivity (Wildman–Crippen MR) is 57.5 cm³/mol. The summed E-state index contributed by atoms with van der Waals surface area (Å²) in [6, 6.07) is 0. The van der Waals surface area contributed by atoms with Gasteiger partial charge in [0.2, 0.25) is 0 Å². The van der Waals surface area contributed by atoms with Gasteiger partial charge in [-0.25, -0.2) is 0 Å². The number of nitrogens with zero attached hydrogens (tertiary/aromatic N) is 1. The van der Waals surface area contributed by atoms with Crippen LogP contribution in [-0.4, -0.2) is 60.9 Å². The molecule has 0 bridgehead atoms. The molecule has 0 aromatic heterocycles. The molecular weight excluding hydrogens is 226 g/mol. The normalized spacial score (nSPS) is 30.0. The van der Waals surface area contributed by atoms with E-state index < -0.39 is 18.0 Å². The van der Waals surface area contributed by atoms with Gasteiger partial charge in [-0.05, 0) is 12.8 Å². The Morgan fingerprint density at radius 1 is 1.29 bits per heavy atom. The van der Waals surface area contributed by atoms with Gasteiger partial charge in [0.05, 0.1) is 25.7 Å². The number of piperidine rings is 1. The molecule has 6 heteroatoms. The van der Waals surface area contributed by atoms with E-state index in [1.54, 1.807) is 4.90 Å². The third-order valence-corrected chi connectivity index (χ3v) is 3.17. The highest BCUT2D eigenvalue weighted by atomic mass is 16.6. The SMILES string of the molecule is O=C(O)[C@@H]1CCCN(C(=O)C2COCCO2)C1. The smallest absolute Gasteiger partial charge is 0.308 e. The molecule has 2 aliphatic heterocycles. The lowest BCUT2D eigenvalue weighted by atomic mass is 9.98. The van der Waals surface area contributed by atoms with Gasteiger partial charge >= 0.3 is 5.97 Å². The van der Waals surface area contributed by atoms with Gasteiger partial charge in [0.15, 0.2) is 6.10 Å². The standard InChI is InChI=1S/C11H17NO5/c13-10(9-7-16-4-5-17-9)12-3-1-2-8(6-12)11(14)15/h8-9H,1-7H2,(H,14,15)/t8-,9?/m1/s1. The zero-order valence-corrected chi connectivity index (χ0v) is 9.63. The summed E-state index contributed by atoms with van der Waals surface area (Å²) in [6.07, 6.45) is 0.813. The Hall–Kier alpha value is -1.14. The first-order valence-corrected chi connectivity index (χ1v) is 5.89. The predicted octanol–water partition coefficient (Wildman–Crippen LogP) is -0.275. The molecule has 6 nitrogen and oxygen atoms in total. The van der Waals surface area contributed by atoms with Crippen LogP contribution in [0.5, 0.6) is 0 Å². The molecule has 2 saturated heterocycles. The second-order valence-electron chi connectivity index (χ2n) is 4.40. The summed E-state index contributed by atoms with van der Waals surface area (Å²) in [5, 5.41) is 8.95. The highest BCUT2D eigenvalue weighted by Gasteiger charge is 2.33. The summed E-state index contributed by atoms with van der Waals surface area (Å²) in [6.45, 7) is 2.11. The lowest BCUT2D eigenvalue weighted by Gasteiger charge is -2.34. The zero-order chi connectivity index (χ0) is 12.3. The largest absolute Gasteiger partial charge is 0.481 e. The van der Waals surface area contributed by atoms with Crippen LogP contribution in [0.15, 0.2) is 0 Å². The number of carboxylic acid groups (broad SMARTS) is 1. The molecule has 0 saturated carbocycles. The maximum atomic E-state index is 12.0. The van der Waals surface area contributed by atoms with E-state index in [9.17, 15) is 9.59 Å². The molecule has 1 unspecified atom stereocenters. The van der Waals surface area contributed by atoms with Gasteiger partial charge in [-0.15, -0.1) is 0 Å². The summed E-state index contributed by atoms with van der Waals surface area (Å²) in [7, 11) is 0. The van der Waals surface area contributed by atoms with E-state index in [1.807, 2.05) is 0 Å². The number of carbonyl (C=O) groups is 2. The summed E-state index contributed by atoms with van der Waals surface area (Å²) < 4.78 is 10.5. The Balaban J connectivity index is 1.91. The van der Waals surface area contributed by atoms with Crippen molar-refractivity contribution in [2.45, 2.75) is 18.9 Å². The molecule has 0 aromatic rings. The van der Waals surface area contributed by atoms with E-state index in [2.05, 4.69) is 0 Å². The fourth-order valence-electron chi connectivity index (χ4n) is 2.21. The van der Waals surface area contributed by atoms with Crippen molar-refractivity contribution >= 4 is 11.9 Å². The molecule has 2 fully saturated rings. The van der Waals surface area contributed by atoms with E-state index >= 15 is 0 Å². The first kappa shape index (κ1) is 12.3. The van der Waals surface area contributed by atoms with E-state index in [0.29, 0.717) is 26.2 Å². The summed E-state index contributed by atoms with van der Waals surface area (Å²) in [5.74, 6) is -1.42. The molecular formula is C11H17NO5. The highest BCUT2D eigenvalue weighted by molar-refractivity contribution is 5.82. The van der Waals surface area contributed by atoms with Gasteiger partial charge in [-0.2, -0.15) is 0 Å². The Morgan fingerprint density at radius 3 is 2.76 bits per heavy atom. The maximum absolute atomic E-state index is 12.0. The van der Waals surface area contributed by atoms with Gasteiger partial charge in [0, 0.05) is 13.1 Å². The van der Waals surface area contributed by atoms with E-state index in [4.69, 9.17) is 14.6 Å². The van der Waals surface area contributed by atoms with Crippen molar-refractivity contribution in [3.63, 3.8) is 0 Å². The number of aliphatic carboxylic acids is 1. The van der Waals surface area contributed by atoms with Gasteiger partial charge in [0.1, 0.15) is 0 Å². The van der Waals surface area contributed by atoms with Crippen LogP contribution in [0, 0.1) is 5.92 Å². The third-order valence-electron chi connectivity index (χ3n) is 3.17. The Morgan fingerprint density at radius 2 is 2.12 bits per heavy atom. The van der Waals surface area contributed by atoms with Crippen molar-refractivity contribution in [1.82, 2.24) is 4.90 Å². The first-order valence-electron chi connectivity index (χ1n) is 5.89. The molecule has 2 rings (SSSR count). The van der Waals surface area contributed by atoms with E-state index in [-0.39, 0.29) is 19.1 Å². The minimum atomic E-state index is -0.830. The fourth-order valence-corrected chi connectivity index (χ4v) is 2.21. The second kappa shape index (κ2) is 5.46. The lowest BCUT2D eigenvalue weighted by molar-refractivity contribution is -0.161. The average Bonchev–Trinajstić information content (AvgIpc) is 2.39. The molecule has 1 amide bonds. The molecule has 1 N–H and O–H groups in total. The van der Waals surface area contributed by atoms with Crippen LogP contribution in [0.1, 0.15) is 12.8 Å². The summed E-state index contributed by atoms with van der Waals surface area (Å²) in [5.41, 5.74) is 0. The molecule has 0 spiro atoms. The molecule has 0 aliphatic carbocycles. The van der Waals surface area contributed by atoms with E-state index in [0.717, 1.165) is 6.42 Å². The quantitative estimate of drug-likeness (QED) is 0.722. The van der Waals surface area contributed by atoms with Crippen molar-refractivity contribution in [1.29, 1.82) is 0 Å². The molecule has 96 valence electrons. The maximum Gasteiger partial charge on any atom is 0.308 e. The molecule has 2 atom stereocenters. The number of carbonyl (C=O) groups excluding carboxylic acids is 1. The van der Waals surface area contributed by atoms with Crippen LogP contribution in [0.4, 0.5) is 0 Å². The summed E-state index contributed by atoms with van der Waals surface area (Å²) >= 11 is 0. The average molecular weight is 243 g/mol. The monoisotopic (exact) mass is 243 g/mol.